The summed E-state index contributed by atoms with van der Waals surface area (Å²) < 4.78 is 0. The van der Waals surface area contributed by atoms with Crippen molar-refractivity contribution in [2.75, 3.05) is 11.1 Å². The van der Waals surface area contributed by atoms with Crippen LogP contribution in [-0.4, -0.2) is 16.9 Å². The van der Waals surface area contributed by atoms with Crippen molar-refractivity contribution in [2.24, 2.45) is 5.73 Å². The Morgan fingerprint density at radius 2 is 2.29 bits per heavy atom. The van der Waals surface area contributed by atoms with Gasteiger partial charge in [-0.1, -0.05) is 0 Å². The number of carbonyl (C=O) groups excluding carboxylic acids is 1. The highest BCUT2D eigenvalue weighted by Gasteiger charge is 2.09. The van der Waals surface area contributed by atoms with Crippen LogP contribution in [0.25, 0.3) is 0 Å². The fourth-order valence-electron chi connectivity index (χ4n) is 1.02. The van der Waals surface area contributed by atoms with E-state index in [2.05, 4.69) is 10.3 Å². The predicted octanol–water partition coefficient (Wildman–Crippen LogP) is 0.258. The van der Waals surface area contributed by atoms with E-state index in [-0.39, 0.29) is 0 Å². The number of nitrogens with one attached hydrogen (secondary N) is 1. The fraction of sp³-hybridized carbons (Fsp3) is 0.333. The molecule has 0 saturated carbocycles. The van der Waals surface area contributed by atoms with Crippen molar-refractivity contribution in [1.29, 1.82) is 0 Å². The Kier molecular flexibility index (Phi) is 2.91. The van der Waals surface area contributed by atoms with Crippen LogP contribution in [0.2, 0.25) is 0 Å². The Hall–Kier alpha value is -1.78. The predicted molar refractivity (Wildman–Crippen MR) is 55.7 cm³/mol. The van der Waals surface area contributed by atoms with Gasteiger partial charge in [-0.3, -0.25) is 4.79 Å². The van der Waals surface area contributed by atoms with Crippen molar-refractivity contribution in [3.63, 3.8) is 0 Å². The molecule has 5 N–H and O–H groups in total. The third-order valence-electron chi connectivity index (χ3n) is 1.88. The van der Waals surface area contributed by atoms with Gasteiger partial charge in [0.15, 0.2) is 0 Å². The number of aromatic nitrogens is 1. The Labute approximate surface area is 82.5 Å². The van der Waals surface area contributed by atoms with Crippen LogP contribution in [0.1, 0.15) is 12.5 Å². The lowest BCUT2D eigenvalue weighted by Crippen LogP contribution is -2.33. The van der Waals surface area contributed by atoms with E-state index in [0.717, 1.165) is 5.56 Å². The fourth-order valence-corrected chi connectivity index (χ4v) is 1.02. The molecule has 76 valence electrons. The lowest BCUT2D eigenvalue weighted by molar-refractivity contribution is -0.118. The number of carbonyl (C=O) groups is 1. The highest BCUT2D eigenvalue weighted by molar-refractivity contribution is 5.82. The van der Waals surface area contributed by atoms with Crippen molar-refractivity contribution < 1.29 is 4.79 Å². The number of nitrogens with two attached hydrogens (primary N) is 2. The monoisotopic (exact) mass is 194 g/mol. The summed E-state index contributed by atoms with van der Waals surface area (Å²) in [4.78, 5) is 14.8. The summed E-state index contributed by atoms with van der Waals surface area (Å²) in [7, 11) is 0. The number of aryl methyl sites for hydroxylation is 1. The van der Waals surface area contributed by atoms with Crippen LogP contribution < -0.4 is 16.8 Å². The Morgan fingerprint density at radius 1 is 1.64 bits per heavy atom. The van der Waals surface area contributed by atoms with Crippen LogP contribution in [-0.2, 0) is 4.79 Å². The highest BCUT2D eigenvalue weighted by atomic mass is 16.1. The first kappa shape index (κ1) is 10.3. The van der Waals surface area contributed by atoms with Crippen LogP contribution in [0.15, 0.2) is 12.3 Å². The molecule has 0 saturated heterocycles. The van der Waals surface area contributed by atoms with E-state index in [1.54, 1.807) is 13.0 Å². The first-order chi connectivity index (χ1) is 6.50. The maximum Gasteiger partial charge on any atom is 0.239 e. The maximum atomic E-state index is 10.8. The number of amides is 1. The second kappa shape index (κ2) is 3.95. The van der Waals surface area contributed by atoms with Gasteiger partial charge in [-0.2, -0.15) is 0 Å². The molecule has 5 heteroatoms. The molecule has 0 aliphatic heterocycles. The van der Waals surface area contributed by atoms with Gasteiger partial charge < -0.3 is 16.8 Å². The van der Waals surface area contributed by atoms with Gasteiger partial charge in [-0.25, -0.2) is 4.98 Å². The van der Waals surface area contributed by atoms with Gasteiger partial charge in [-0.15, -0.1) is 0 Å². The molecule has 0 aromatic carbocycles. The summed E-state index contributed by atoms with van der Waals surface area (Å²) in [6, 6.07) is 1.34. The van der Waals surface area contributed by atoms with Gasteiger partial charge in [0.1, 0.15) is 11.9 Å². The highest BCUT2D eigenvalue weighted by Crippen LogP contribution is 2.14. The minimum absolute atomic E-state index is 0.414. The van der Waals surface area contributed by atoms with Gasteiger partial charge in [0.25, 0.3) is 0 Å². The second-order valence-corrected chi connectivity index (χ2v) is 3.20. The van der Waals surface area contributed by atoms with Gasteiger partial charge in [-0.05, 0) is 25.5 Å². The number of nitrogen functional groups attached to an aromatic ring is 1. The van der Waals surface area contributed by atoms with Crippen molar-refractivity contribution >= 4 is 17.4 Å². The molecular formula is C9H14N4O. The molecule has 1 amide bonds. The molecule has 1 rings (SSSR count). The van der Waals surface area contributed by atoms with Crippen molar-refractivity contribution in [2.45, 2.75) is 19.9 Å². The van der Waals surface area contributed by atoms with Crippen LogP contribution in [0.5, 0.6) is 0 Å². The van der Waals surface area contributed by atoms with Crippen LogP contribution in [0.4, 0.5) is 11.5 Å². The standard InChI is InChI=1S/C9H14N4O/c1-5-3-7(10)4-12-9(5)13-6(2)8(11)14/h3-4,6H,10H2,1-2H3,(H2,11,14)(H,12,13). The third-order valence-corrected chi connectivity index (χ3v) is 1.88. The first-order valence-corrected chi connectivity index (χ1v) is 4.28. The van der Waals surface area contributed by atoms with E-state index in [1.807, 2.05) is 6.92 Å². The van der Waals surface area contributed by atoms with Gasteiger partial charge >= 0.3 is 0 Å². The quantitative estimate of drug-likeness (QED) is 0.643. The SMILES string of the molecule is Cc1cc(N)cnc1NC(C)C(N)=O. The number of rotatable bonds is 3. The Bertz CT molecular complexity index is 351. The van der Waals surface area contributed by atoms with Gasteiger partial charge in [0.05, 0.1) is 11.9 Å². The summed E-state index contributed by atoms with van der Waals surface area (Å²) in [6.07, 6.45) is 1.53. The molecule has 0 aliphatic carbocycles. The van der Waals surface area contributed by atoms with E-state index >= 15 is 0 Å². The molecule has 0 spiro atoms. The smallest absolute Gasteiger partial charge is 0.239 e. The summed E-state index contributed by atoms with van der Waals surface area (Å²) in [5, 5.41) is 2.90. The summed E-state index contributed by atoms with van der Waals surface area (Å²) in [6.45, 7) is 3.54. The average molecular weight is 194 g/mol. The van der Waals surface area contributed by atoms with E-state index in [9.17, 15) is 4.79 Å². The zero-order valence-electron chi connectivity index (χ0n) is 8.24. The van der Waals surface area contributed by atoms with Crippen molar-refractivity contribution in [3.8, 4) is 0 Å². The number of anilines is 2. The number of nitrogens with zero attached hydrogens (tertiary/aromatic N) is 1. The van der Waals surface area contributed by atoms with Crippen molar-refractivity contribution in [1.82, 2.24) is 4.98 Å². The molecule has 1 unspecified atom stereocenters. The van der Waals surface area contributed by atoms with E-state index in [4.69, 9.17) is 11.5 Å². The molecule has 14 heavy (non-hydrogen) atoms. The number of primary amides is 1. The molecule has 1 atom stereocenters. The van der Waals surface area contributed by atoms with Gasteiger partial charge in [0.2, 0.25) is 5.91 Å². The zero-order chi connectivity index (χ0) is 10.7. The van der Waals surface area contributed by atoms with Crippen LogP contribution in [0.3, 0.4) is 0 Å². The second-order valence-electron chi connectivity index (χ2n) is 3.20. The molecule has 0 bridgehead atoms. The van der Waals surface area contributed by atoms with E-state index in [1.165, 1.54) is 6.20 Å². The molecule has 0 fully saturated rings. The minimum Gasteiger partial charge on any atom is -0.397 e. The number of hydrogen-bond donors (Lipinski definition) is 3. The molecule has 1 aromatic rings. The van der Waals surface area contributed by atoms with Crippen molar-refractivity contribution in [3.05, 3.63) is 17.8 Å². The summed E-state index contributed by atoms with van der Waals surface area (Å²) in [5.41, 5.74) is 12.1. The van der Waals surface area contributed by atoms with E-state index in [0.29, 0.717) is 11.5 Å². The molecule has 0 aliphatic rings. The van der Waals surface area contributed by atoms with E-state index < -0.39 is 11.9 Å². The number of hydrogen-bond acceptors (Lipinski definition) is 4. The summed E-state index contributed by atoms with van der Waals surface area (Å²) in [5.74, 6) is 0.216. The Balaban J connectivity index is 2.82. The molecule has 0 radical (unpaired) electrons. The summed E-state index contributed by atoms with van der Waals surface area (Å²) >= 11 is 0. The average Bonchev–Trinajstić information content (AvgIpc) is 2.09. The lowest BCUT2D eigenvalue weighted by Gasteiger charge is -2.12. The lowest BCUT2D eigenvalue weighted by atomic mass is 10.2. The normalized spacial score (nSPS) is 12.1. The van der Waals surface area contributed by atoms with Crippen LogP contribution >= 0.6 is 0 Å². The zero-order valence-corrected chi connectivity index (χ0v) is 8.24. The molecule has 1 aromatic heterocycles. The molecule has 1 heterocycles. The topological polar surface area (TPSA) is 94.0 Å². The first-order valence-electron chi connectivity index (χ1n) is 4.28. The number of pyridine rings is 1. The minimum atomic E-state index is -0.440. The van der Waals surface area contributed by atoms with Gasteiger partial charge in [0, 0.05) is 0 Å². The maximum absolute atomic E-state index is 10.8. The third kappa shape index (κ3) is 2.35. The largest absolute Gasteiger partial charge is 0.397 e. The molecular weight excluding hydrogens is 180 g/mol. The van der Waals surface area contributed by atoms with Crippen LogP contribution in [0, 0.1) is 6.92 Å². The Morgan fingerprint density at radius 3 is 2.79 bits per heavy atom. The molecule has 5 nitrogen and oxygen atoms in total.